The fraction of sp³-hybridized carbons (Fsp3) is 0.167. The zero-order valence-corrected chi connectivity index (χ0v) is 11.0. The summed E-state index contributed by atoms with van der Waals surface area (Å²) in [5.74, 6) is 0.104. The standard InChI is InChI=1S/C12H14N4OS/c1-16-11(13)10(7-14-16)12(17)15-8-4-3-5-9(6-8)18-2/h3-7H,13H2,1-2H3,(H,15,17). The summed E-state index contributed by atoms with van der Waals surface area (Å²) < 4.78 is 1.47. The van der Waals surface area contributed by atoms with E-state index < -0.39 is 0 Å². The SMILES string of the molecule is CSc1cccc(NC(=O)c2cnn(C)c2N)c1. The van der Waals surface area contributed by atoms with E-state index in [1.807, 2.05) is 30.5 Å². The number of hydrogen-bond donors (Lipinski definition) is 2. The van der Waals surface area contributed by atoms with Gasteiger partial charge in [-0.05, 0) is 24.5 Å². The molecule has 18 heavy (non-hydrogen) atoms. The molecular formula is C12H14N4OS. The van der Waals surface area contributed by atoms with E-state index in [-0.39, 0.29) is 5.91 Å². The number of amides is 1. The summed E-state index contributed by atoms with van der Waals surface area (Å²) in [5.41, 5.74) is 6.88. The Morgan fingerprint density at radius 2 is 2.28 bits per heavy atom. The zero-order chi connectivity index (χ0) is 13.1. The number of carbonyl (C=O) groups is 1. The maximum Gasteiger partial charge on any atom is 0.261 e. The summed E-state index contributed by atoms with van der Waals surface area (Å²) in [6, 6.07) is 7.63. The van der Waals surface area contributed by atoms with E-state index in [1.54, 1.807) is 18.8 Å². The van der Waals surface area contributed by atoms with Gasteiger partial charge in [-0.15, -0.1) is 11.8 Å². The van der Waals surface area contributed by atoms with Crippen LogP contribution in [0.1, 0.15) is 10.4 Å². The van der Waals surface area contributed by atoms with Crippen molar-refractivity contribution < 1.29 is 4.79 Å². The van der Waals surface area contributed by atoms with Crippen molar-refractivity contribution in [1.29, 1.82) is 0 Å². The average molecular weight is 262 g/mol. The number of nitrogens with zero attached hydrogens (tertiary/aromatic N) is 2. The van der Waals surface area contributed by atoms with Gasteiger partial charge < -0.3 is 11.1 Å². The van der Waals surface area contributed by atoms with E-state index in [9.17, 15) is 4.79 Å². The van der Waals surface area contributed by atoms with E-state index in [4.69, 9.17) is 5.73 Å². The highest BCUT2D eigenvalue weighted by molar-refractivity contribution is 7.98. The number of hydrogen-bond acceptors (Lipinski definition) is 4. The zero-order valence-electron chi connectivity index (χ0n) is 10.2. The molecule has 94 valence electrons. The van der Waals surface area contributed by atoms with Crippen molar-refractivity contribution in [2.45, 2.75) is 4.90 Å². The van der Waals surface area contributed by atoms with Gasteiger partial charge in [0.15, 0.2) is 0 Å². The van der Waals surface area contributed by atoms with Gasteiger partial charge in [0, 0.05) is 17.6 Å². The summed E-state index contributed by atoms with van der Waals surface area (Å²) in [7, 11) is 1.69. The third kappa shape index (κ3) is 2.48. The Balaban J connectivity index is 2.18. The lowest BCUT2D eigenvalue weighted by atomic mass is 10.2. The normalized spacial score (nSPS) is 10.3. The predicted octanol–water partition coefficient (Wildman–Crippen LogP) is 1.98. The molecule has 0 bridgehead atoms. The van der Waals surface area contributed by atoms with Crippen molar-refractivity contribution in [3.63, 3.8) is 0 Å². The number of rotatable bonds is 3. The molecule has 0 spiro atoms. The molecule has 0 aliphatic heterocycles. The van der Waals surface area contributed by atoms with Crippen LogP contribution >= 0.6 is 11.8 Å². The third-order valence-corrected chi connectivity index (χ3v) is 3.28. The second kappa shape index (κ2) is 5.14. The van der Waals surface area contributed by atoms with Crippen LogP contribution in [-0.4, -0.2) is 21.9 Å². The number of nitrogens with one attached hydrogen (secondary N) is 1. The Labute approximate surface area is 109 Å². The van der Waals surface area contributed by atoms with Crippen LogP contribution in [0.4, 0.5) is 11.5 Å². The Bertz CT molecular complexity index is 579. The van der Waals surface area contributed by atoms with Crippen LogP contribution in [0.5, 0.6) is 0 Å². The molecule has 1 amide bonds. The molecule has 0 unspecified atom stereocenters. The van der Waals surface area contributed by atoms with Gasteiger partial charge in [-0.1, -0.05) is 6.07 Å². The monoisotopic (exact) mass is 262 g/mol. The molecule has 0 aliphatic rings. The van der Waals surface area contributed by atoms with Gasteiger partial charge in [0.05, 0.1) is 6.20 Å². The van der Waals surface area contributed by atoms with Crippen LogP contribution in [-0.2, 0) is 7.05 Å². The number of aryl methyl sites for hydroxylation is 1. The topological polar surface area (TPSA) is 72.9 Å². The second-order valence-corrected chi connectivity index (χ2v) is 4.63. The first-order chi connectivity index (χ1) is 8.61. The number of nitrogens with two attached hydrogens (primary N) is 1. The summed E-state index contributed by atoms with van der Waals surface area (Å²) in [4.78, 5) is 13.1. The lowest BCUT2D eigenvalue weighted by Gasteiger charge is -2.06. The van der Waals surface area contributed by atoms with E-state index in [0.717, 1.165) is 10.6 Å². The first kappa shape index (κ1) is 12.5. The van der Waals surface area contributed by atoms with E-state index in [0.29, 0.717) is 11.4 Å². The van der Waals surface area contributed by atoms with Gasteiger partial charge in [-0.25, -0.2) is 0 Å². The summed E-state index contributed by atoms with van der Waals surface area (Å²) >= 11 is 1.62. The van der Waals surface area contributed by atoms with Crippen molar-refractivity contribution in [3.8, 4) is 0 Å². The van der Waals surface area contributed by atoms with Crippen LogP contribution in [0.2, 0.25) is 0 Å². The molecule has 6 heteroatoms. The number of nitrogen functional groups attached to an aromatic ring is 1. The van der Waals surface area contributed by atoms with Crippen LogP contribution in [0.3, 0.4) is 0 Å². The molecule has 0 saturated carbocycles. The van der Waals surface area contributed by atoms with Gasteiger partial charge in [0.2, 0.25) is 0 Å². The fourth-order valence-corrected chi connectivity index (χ4v) is 1.98. The maximum absolute atomic E-state index is 12.0. The molecule has 2 rings (SSSR count). The number of thioether (sulfide) groups is 1. The molecule has 1 heterocycles. The highest BCUT2D eigenvalue weighted by atomic mass is 32.2. The van der Waals surface area contributed by atoms with Gasteiger partial charge in [0.25, 0.3) is 5.91 Å². The minimum atomic E-state index is -0.251. The van der Waals surface area contributed by atoms with E-state index in [2.05, 4.69) is 10.4 Å². The predicted molar refractivity (Wildman–Crippen MR) is 73.8 cm³/mol. The van der Waals surface area contributed by atoms with Crippen molar-refractivity contribution in [2.75, 3.05) is 17.3 Å². The van der Waals surface area contributed by atoms with E-state index in [1.165, 1.54) is 10.9 Å². The first-order valence-corrected chi connectivity index (χ1v) is 6.57. The lowest BCUT2D eigenvalue weighted by molar-refractivity contribution is 0.102. The Morgan fingerprint density at radius 3 is 2.89 bits per heavy atom. The Morgan fingerprint density at radius 1 is 1.50 bits per heavy atom. The highest BCUT2D eigenvalue weighted by Crippen LogP contribution is 2.20. The minimum Gasteiger partial charge on any atom is -0.383 e. The molecule has 3 N–H and O–H groups in total. The molecule has 0 fully saturated rings. The second-order valence-electron chi connectivity index (χ2n) is 3.75. The van der Waals surface area contributed by atoms with Crippen LogP contribution in [0, 0.1) is 0 Å². The molecule has 1 aromatic carbocycles. The number of benzene rings is 1. The highest BCUT2D eigenvalue weighted by Gasteiger charge is 2.13. The summed E-state index contributed by atoms with van der Waals surface area (Å²) in [5, 5.41) is 6.74. The Kier molecular flexibility index (Phi) is 3.57. The number of anilines is 2. The first-order valence-electron chi connectivity index (χ1n) is 5.34. The summed E-state index contributed by atoms with van der Waals surface area (Å²) in [6.07, 6.45) is 3.45. The van der Waals surface area contributed by atoms with Crippen molar-refractivity contribution in [2.24, 2.45) is 7.05 Å². The van der Waals surface area contributed by atoms with Gasteiger partial charge in [-0.3, -0.25) is 9.48 Å². The van der Waals surface area contributed by atoms with Gasteiger partial charge >= 0.3 is 0 Å². The number of carbonyl (C=O) groups excluding carboxylic acids is 1. The molecular weight excluding hydrogens is 248 g/mol. The molecule has 0 atom stereocenters. The van der Waals surface area contributed by atoms with Crippen LogP contribution in [0.25, 0.3) is 0 Å². The minimum absolute atomic E-state index is 0.251. The van der Waals surface area contributed by atoms with Crippen LogP contribution in [0.15, 0.2) is 35.4 Å². The van der Waals surface area contributed by atoms with Crippen molar-refractivity contribution >= 4 is 29.2 Å². The molecule has 2 aromatic rings. The van der Waals surface area contributed by atoms with Crippen LogP contribution < -0.4 is 11.1 Å². The quantitative estimate of drug-likeness (QED) is 0.830. The summed E-state index contributed by atoms with van der Waals surface area (Å²) in [6.45, 7) is 0. The van der Waals surface area contributed by atoms with Crippen molar-refractivity contribution in [1.82, 2.24) is 9.78 Å². The smallest absolute Gasteiger partial charge is 0.261 e. The largest absolute Gasteiger partial charge is 0.383 e. The fourth-order valence-electron chi connectivity index (χ4n) is 1.52. The van der Waals surface area contributed by atoms with Gasteiger partial charge in [-0.2, -0.15) is 5.10 Å². The maximum atomic E-state index is 12.0. The molecule has 5 nitrogen and oxygen atoms in total. The average Bonchev–Trinajstić information content (AvgIpc) is 2.70. The molecule has 0 saturated heterocycles. The third-order valence-electron chi connectivity index (χ3n) is 2.56. The molecule has 1 aromatic heterocycles. The lowest BCUT2D eigenvalue weighted by Crippen LogP contribution is -2.13. The van der Waals surface area contributed by atoms with Crippen molar-refractivity contribution in [3.05, 3.63) is 36.0 Å². The molecule has 0 aliphatic carbocycles. The van der Waals surface area contributed by atoms with E-state index >= 15 is 0 Å². The molecule has 0 radical (unpaired) electrons. The number of aromatic nitrogens is 2. The Hall–Kier alpha value is -1.95. The van der Waals surface area contributed by atoms with Gasteiger partial charge in [0.1, 0.15) is 11.4 Å².